The van der Waals surface area contributed by atoms with Crippen LogP contribution in [0.3, 0.4) is 0 Å². The second-order valence-electron chi connectivity index (χ2n) is 10.1. The lowest BCUT2D eigenvalue weighted by atomic mass is 9.95. The van der Waals surface area contributed by atoms with Crippen LogP contribution in [0.5, 0.6) is 5.75 Å². The van der Waals surface area contributed by atoms with Crippen LogP contribution in [0.1, 0.15) is 18.4 Å². The Hall–Kier alpha value is -4.87. The number of benzene rings is 2. The second-order valence-corrected chi connectivity index (χ2v) is 11.9. The van der Waals surface area contributed by atoms with E-state index in [4.69, 9.17) is 5.73 Å². The number of fused-ring (bicyclic) bond motifs is 1. The molecule has 0 unspecified atom stereocenters. The molecule has 0 bridgehead atoms. The van der Waals surface area contributed by atoms with Crippen molar-refractivity contribution in [1.82, 2.24) is 24.0 Å². The van der Waals surface area contributed by atoms with Crippen LogP contribution in [-0.4, -0.2) is 56.6 Å². The number of pyridine rings is 1. The van der Waals surface area contributed by atoms with Gasteiger partial charge in [-0.2, -0.15) is 13.7 Å². The lowest BCUT2D eigenvalue weighted by Gasteiger charge is -2.34. The zero-order valence-corrected chi connectivity index (χ0v) is 23.1. The van der Waals surface area contributed by atoms with E-state index in [2.05, 4.69) is 15.3 Å². The molecule has 14 heteroatoms. The number of halogens is 2. The van der Waals surface area contributed by atoms with E-state index in [0.29, 0.717) is 42.6 Å². The van der Waals surface area contributed by atoms with Crippen molar-refractivity contribution < 1.29 is 22.3 Å². The van der Waals surface area contributed by atoms with Gasteiger partial charge in [0.25, 0.3) is 10.0 Å². The summed E-state index contributed by atoms with van der Waals surface area (Å²) in [4.78, 5) is 6.46. The number of phenols is 1. The summed E-state index contributed by atoms with van der Waals surface area (Å²) in [6, 6.07) is 9.53. The van der Waals surface area contributed by atoms with E-state index in [1.807, 2.05) is 11.0 Å². The number of nitrogens with zero attached hydrogens (tertiary/aromatic N) is 7. The zero-order chi connectivity index (χ0) is 29.8. The fourth-order valence-corrected chi connectivity index (χ4v) is 6.54. The van der Waals surface area contributed by atoms with Gasteiger partial charge in [0.05, 0.1) is 22.8 Å². The number of anilines is 1. The van der Waals surface area contributed by atoms with Crippen LogP contribution in [0.4, 0.5) is 14.5 Å². The normalized spacial score (nSPS) is 14.4. The smallest absolute Gasteiger partial charge is 0.290 e. The minimum Gasteiger partial charge on any atom is -0.506 e. The molecule has 0 radical (unpaired) electrons. The molecule has 6 rings (SSSR count). The zero-order valence-electron chi connectivity index (χ0n) is 22.2. The van der Waals surface area contributed by atoms with E-state index in [-0.39, 0.29) is 44.7 Å². The summed E-state index contributed by atoms with van der Waals surface area (Å²) in [5, 5.41) is 28.1. The van der Waals surface area contributed by atoms with Crippen molar-refractivity contribution in [3.8, 4) is 34.1 Å². The van der Waals surface area contributed by atoms with Crippen molar-refractivity contribution >= 4 is 26.7 Å². The van der Waals surface area contributed by atoms with Crippen molar-refractivity contribution in [3.63, 3.8) is 0 Å². The topological polar surface area (TPSA) is 156 Å². The van der Waals surface area contributed by atoms with Gasteiger partial charge in [-0.25, -0.2) is 17.7 Å². The van der Waals surface area contributed by atoms with Gasteiger partial charge in [0.1, 0.15) is 23.5 Å². The van der Waals surface area contributed by atoms with Crippen LogP contribution < -0.4 is 10.6 Å². The van der Waals surface area contributed by atoms with E-state index in [0.717, 1.165) is 10.0 Å². The first-order valence-corrected chi connectivity index (χ1v) is 14.4. The van der Waals surface area contributed by atoms with Gasteiger partial charge < -0.3 is 15.7 Å². The maximum absolute atomic E-state index is 14.4. The van der Waals surface area contributed by atoms with Crippen LogP contribution in [0.15, 0.2) is 60.0 Å². The molecule has 3 aromatic heterocycles. The number of rotatable bonds is 5. The van der Waals surface area contributed by atoms with E-state index in [9.17, 15) is 27.6 Å². The largest absolute Gasteiger partial charge is 0.506 e. The Morgan fingerprint density at radius 3 is 2.43 bits per heavy atom. The predicted molar refractivity (Wildman–Crippen MR) is 150 cm³/mol. The minimum atomic E-state index is -4.35. The summed E-state index contributed by atoms with van der Waals surface area (Å²) in [7, 11) is -2.83. The standard InChI is InChI=1S/C28H24F2N8O3S/c1-36-15-24(34-35-36)42(40,41)38-14-23(21-4-2-3-16(12-31)27(21)39)25-26(37-7-5-20(32)6-8-37)22(13-33-28(25)38)17-9-18(29)11-19(30)10-17/h2-4,9-11,13-15,20,39H,5-8,32H2,1H3. The Labute approximate surface area is 239 Å². The molecule has 0 atom stereocenters. The van der Waals surface area contributed by atoms with Gasteiger partial charge in [-0.3, -0.25) is 4.68 Å². The quantitative estimate of drug-likeness (QED) is 0.313. The Morgan fingerprint density at radius 1 is 1.07 bits per heavy atom. The van der Waals surface area contributed by atoms with Crippen molar-refractivity contribution in [3.05, 3.63) is 72.2 Å². The molecule has 1 aliphatic heterocycles. The Balaban J connectivity index is 1.75. The molecule has 1 fully saturated rings. The van der Waals surface area contributed by atoms with Gasteiger partial charge in [0, 0.05) is 61.3 Å². The van der Waals surface area contributed by atoms with E-state index in [1.54, 1.807) is 12.1 Å². The molecule has 0 amide bonds. The number of aromatic nitrogens is 5. The molecule has 3 N–H and O–H groups in total. The highest BCUT2D eigenvalue weighted by Crippen LogP contribution is 2.46. The van der Waals surface area contributed by atoms with Gasteiger partial charge >= 0.3 is 0 Å². The fourth-order valence-electron chi connectivity index (χ4n) is 5.31. The van der Waals surface area contributed by atoms with Gasteiger partial charge in [0.2, 0.25) is 5.03 Å². The number of aryl methyl sites for hydroxylation is 1. The van der Waals surface area contributed by atoms with Crippen molar-refractivity contribution in [2.75, 3.05) is 18.0 Å². The number of nitriles is 1. The molecule has 4 heterocycles. The predicted octanol–water partition coefficient (Wildman–Crippen LogP) is 3.52. The van der Waals surface area contributed by atoms with Crippen LogP contribution in [0.2, 0.25) is 0 Å². The first kappa shape index (κ1) is 27.3. The SMILES string of the molecule is Cn1cc(S(=O)(=O)n2cc(-c3cccc(C#N)c3O)c3c(N4CCC(N)CC4)c(-c4cc(F)cc(F)c4)cnc32)nn1. The van der Waals surface area contributed by atoms with Gasteiger partial charge in [-0.15, -0.1) is 5.10 Å². The second kappa shape index (κ2) is 10.2. The number of piperidine rings is 1. The number of aromatic hydroxyl groups is 1. The number of hydrogen-bond acceptors (Lipinski definition) is 9. The third kappa shape index (κ3) is 4.52. The lowest BCUT2D eigenvalue weighted by Crippen LogP contribution is -2.40. The third-order valence-corrected chi connectivity index (χ3v) is 8.85. The van der Waals surface area contributed by atoms with Crippen LogP contribution in [-0.2, 0) is 17.1 Å². The third-order valence-electron chi connectivity index (χ3n) is 7.34. The average Bonchev–Trinajstić information content (AvgIpc) is 3.57. The molecule has 11 nitrogen and oxygen atoms in total. The summed E-state index contributed by atoms with van der Waals surface area (Å²) < 4.78 is 58.7. The molecular weight excluding hydrogens is 566 g/mol. The minimum absolute atomic E-state index is 0.0112. The summed E-state index contributed by atoms with van der Waals surface area (Å²) in [6.07, 6.45) is 5.14. The molecule has 5 aromatic rings. The molecule has 0 spiro atoms. The molecule has 0 aliphatic carbocycles. The number of para-hydroxylation sites is 1. The van der Waals surface area contributed by atoms with E-state index >= 15 is 0 Å². The number of hydrogen-bond donors (Lipinski definition) is 2. The summed E-state index contributed by atoms with van der Waals surface area (Å²) in [5.74, 6) is -1.94. The van der Waals surface area contributed by atoms with Gasteiger partial charge in [-0.05, 0) is 36.6 Å². The molecular formula is C28H24F2N8O3S. The Kier molecular flexibility index (Phi) is 6.63. The Bertz CT molecular complexity index is 1990. The molecule has 1 saturated heterocycles. The van der Waals surface area contributed by atoms with Crippen LogP contribution >= 0.6 is 0 Å². The van der Waals surface area contributed by atoms with E-state index < -0.39 is 21.7 Å². The van der Waals surface area contributed by atoms with Crippen LogP contribution in [0.25, 0.3) is 33.3 Å². The van der Waals surface area contributed by atoms with Crippen molar-refractivity contribution in [2.45, 2.75) is 23.9 Å². The molecule has 0 saturated carbocycles. The Morgan fingerprint density at radius 2 is 1.79 bits per heavy atom. The highest BCUT2D eigenvalue weighted by molar-refractivity contribution is 7.90. The first-order valence-electron chi connectivity index (χ1n) is 12.9. The highest BCUT2D eigenvalue weighted by atomic mass is 32.2. The summed E-state index contributed by atoms with van der Waals surface area (Å²) in [6.45, 7) is 0.938. The average molecular weight is 591 g/mol. The molecule has 2 aromatic carbocycles. The number of nitrogens with two attached hydrogens (primary N) is 1. The van der Waals surface area contributed by atoms with Gasteiger partial charge in [-0.1, -0.05) is 17.3 Å². The molecule has 1 aliphatic rings. The summed E-state index contributed by atoms with van der Waals surface area (Å²) >= 11 is 0. The first-order chi connectivity index (χ1) is 20.1. The van der Waals surface area contributed by atoms with E-state index in [1.165, 1.54) is 48.5 Å². The van der Waals surface area contributed by atoms with Gasteiger partial charge in [0.15, 0.2) is 5.65 Å². The molecule has 42 heavy (non-hydrogen) atoms. The maximum atomic E-state index is 14.4. The number of phenolic OH excluding ortho intramolecular Hbond substituents is 1. The lowest BCUT2D eigenvalue weighted by molar-refractivity contribution is 0.475. The monoisotopic (exact) mass is 590 g/mol. The fraction of sp³-hybridized carbons (Fsp3) is 0.214. The molecule has 214 valence electrons. The van der Waals surface area contributed by atoms with Crippen LogP contribution in [0, 0.1) is 23.0 Å². The maximum Gasteiger partial charge on any atom is 0.290 e. The van der Waals surface area contributed by atoms with Crippen molar-refractivity contribution in [2.24, 2.45) is 12.8 Å². The highest BCUT2D eigenvalue weighted by Gasteiger charge is 2.31. The summed E-state index contributed by atoms with van der Waals surface area (Å²) in [5.41, 5.74) is 7.56. The van der Waals surface area contributed by atoms with Crippen molar-refractivity contribution in [1.29, 1.82) is 5.26 Å².